The molecule has 3 rings (SSSR count). The molecule has 0 fully saturated rings. The predicted octanol–water partition coefficient (Wildman–Crippen LogP) is 2.25. The minimum Gasteiger partial charge on any atom is -0.493 e. The van der Waals surface area contributed by atoms with Crippen LogP contribution in [0, 0.1) is 0 Å². The molecule has 4 heteroatoms. The van der Waals surface area contributed by atoms with Gasteiger partial charge in [-0.2, -0.15) is 5.10 Å². The highest BCUT2D eigenvalue weighted by Gasteiger charge is 2.16. The lowest BCUT2D eigenvalue weighted by molar-refractivity contribution is 0.356. The van der Waals surface area contributed by atoms with Gasteiger partial charge in [0.25, 0.3) is 0 Å². The molecule has 0 saturated heterocycles. The molecule has 0 saturated carbocycles. The number of nitrogens with zero attached hydrogens (tertiary/aromatic N) is 2. The Balaban J connectivity index is 1.69. The van der Waals surface area contributed by atoms with Gasteiger partial charge in [-0.3, -0.25) is 4.68 Å². The fourth-order valence-corrected chi connectivity index (χ4v) is 2.81. The molecule has 1 aliphatic heterocycles. The van der Waals surface area contributed by atoms with E-state index in [-0.39, 0.29) is 0 Å². The summed E-state index contributed by atoms with van der Waals surface area (Å²) < 4.78 is 7.43. The summed E-state index contributed by atoms with van der Waals surface area (Å²) >= 11 is 0. The number of ether oxygens (including phenoxy) is 1. The van der Waals surface area contributed by atoms with Crippen molar-refractivity contribution in [1.82, 2.24) is 15.1 Å². The van der Waals surface area contributed by atoms with Gasteiger partial charge in [0.2, 0.25) is 0 Å². The summed E-state index contributed by atoms with van der Waals surface area (Å²) in [5.41, 5.74) is 3.97. The number of benzene rings is 1. The van der Waals surface area contributed by atoms with Gasteiger partial charge in [-0.1, -0.05) is 12.1 Å². The van der Waals surface area contributed by atoms with Gasteiger partial charge in [-0.25, -0.2) is 0 Å². The summed E-state index contributed by atoms with van der Waals surface area (Å²) in [4.78, 5) is 0. The molecule has 0 spiro atoms. The highest BCUT2D eigenvalue weighted by molar-refractivity contribution is 5.40. The zero-order chi connectivity index (χ0) is 13.9. The monoisotopic (exact) mass is 271 g/mol. The number of hydrogen-bond acceptors (Lipinski definition) is 3. The molecule has 1 aliphatic rings. The van der Waals surface area contributed by atoms with Crippen molar-refractivity contribution in [1.29, 1.82) is 0 Å². The summed E-state index contributed by atoms with van der Waals surface area (Å²) in [5, 5.41) is 7.64. The third-order valence-corrected chi connectivity index (χ3v) is 3.94. The Kier molecular flexibility index (Phi) is 3.74. The van der Waals surface area contributed by atoms with Crippen LogP contribution in [0.4, 0.5) is 0 Å². The number of aromatic nitrogens is 2. The third kappa shape index (κ3) is 2.70. The molecule has 1 aromatic heterocycles. The van der Waals surface area contributed by atoms with Crippen molar-refractivity contribution in [3.8, 4) is 5.75 Å². The minimum atomic E-state index is 0.376. The summed E-state index contributed by atoms with van der Waals surface area (Å²) in [6, 6.07) is 6.94. The van der Waals surface area contributed by atoms with Crippen LogP contribution in [-0.4, -0.2) is 23.4 Å². The van der Waals surface area contributed by atoms with Crippen molar-refractivity contribution in [3.05, 3.63) is 47.3 Å². The average molecular weight is 271 g/mol. The highest BCUT2D eigenvalue weighted by atomic mass is 16.5. The van der Waals surface area contributed by atoms with Gasteiger partial charge in [0.1, 0.15) is 5.75 Å². The molecule has 0 radical (unpaired) electrons. The first kappa shape index (κ1) is 13.2. The van der Waals surface area contributed by atoms with E-state index >= 15 is 0 Å². The maximum absolute atomic E-state index is 5.57. The lowest BCUT2D eigenvalue weighted by atomic mass is 9.98. The first-order valence-corrected chi connectivity index (χ1v) is 7.16. The molecular weight excluding hydrogens is 250 g/mol. The third-order valence-electron chi connectivity index (χ3n) is 3.94. The van der Waals surface area contributed by atoms with Crippen molar-refractivity contribution in [2.75, 3.05) is 13.7 Å². The Morgan fingerprint density at radius 1 is 1.45 bits per heavy atom. The first-order chi connectivity index (χ1) is 9.76. The van der Waals surface area contributed by atoms with Gasteiger partial charge in [0, 0.05) is 25.7 Å². The van der Waals surface area contributed by atoms with Gasteiger partial charge in [0.05, 0.1) is 12.8 Å². The Labute approximate surface area is 119 Å². The lowest BCUT2D eigenvalue weighted by Gasteiger charge is -2.17. The van der Waals surface area contributed by atoms with Crippen molar-refractivity contribution in [2.45, 2.75) is 25.3 Å². The first-order valence-electron chi connectivity index (χ1n) is 7.16. The average Bonchev–Trinajstić information content (AvgIpc) is 3.07. The predicted molar refractivity (Wildman–Crippen MR) is 79.0 cm³/mol. The van der Waals surface area contributed by atoms with Crippen LogP contribution >= 0.6 is 0 Å². The van der Waals surface area contributed by atoms with E-state index in [1.807, 2.05) is 25.0 Å². The van der Waals surface area contributed by atoms with Gasteiger partial charge in [0.15, 0.2) is 0 Å². The fourth-order valence-electron chi connectivity index (χ4n) is 2.81. The van der Waals surface area contributed by atoms with Gasteiger partial charge >= 0.3 is 0 Å². The lowest BCUT2D eigenvalue weighted by Crippen LogP contribution is -2.17. The minimum absolute atomic E-state index is 0.376. The highest BCUT2D eigenvalue weighted by Crippen LogP contribution is 2.29. The molecule has 2 aromatic rings. The molecule has 1 atom stereocenters. The number of nitrogens with one attached hydrogen (secondary N) is 1. The van der Waals surface area contributed by atoms with Crippen LogP contribution in [0.1, 0.15) is 29.2 Å². The number of rotatable bonds is 5. The Morgan fingerprint density at radius 3 is 3.10 bits per heavy atom. The second-order valence-electron chi connectivity index (χ2n) is 5.37. The van der Waals surface area contributed by atoms with E-state index < -0.39 is 0 Å². The number of fused-ring (bicyclic) bond motifs is 1. The molecule has 4 nitrogen and oxygen atoms in total. The molecule has 1 unspecified atom stereocenters. The molecule has 0 aliphatic carbocycles. The van der Waals surface area contributed by atoms with E-state index in [0.29, 0.717) is 6.04 Å². The molecule has 1 N–H and O–H groups in total. The Morgan fingerprint density at radius 2 is 2.35 bits per heavy atom. The van der Waals surface area contributed by atoms with Crippen molar-refractivity contribution < 1.29 is 4.74 Å². The van der Waals surface area contributed by atoms with Gasteiger partial charge in [-0.05, 0) is 42.6 Å². The van der Waals surface area contributed by atoms with E-state index in [0.717, 1.165) is 31.6 Å². The molecule has 0 bridgehead atoms. The van der Waals surface area contributed by atoms with Crippen molar-refractivity contribution in [3.63, 3.8) is 0 Å². The maximum atomic E-state index is 5.57. The number of aryl methyl sites for hydroxylation is 2. The fraction of sp³-hybridized carbons (Fsp3) is 0.438. The van der Waals surface area contributed by atoms with Crippen LogP contribution in [0.25, 0.3) is 0 Å². The maximum Gasteiger partial charge on any atom is 0.122 e. The zero-order valence-corrected chi connectivity index (χ0v) is 12.1. The summed E-state index contributed by atoms with van der Waals surface area (Å²) in [6.07, 6.45) is 7.17. The van der Waals surface area contributed by atoms with Gasteiger partial charge < -0.3 is 10.1 Å². The normalized spacial score (nSPS) is 14.9. The summed E-state index contributed by atoms with van der Waals surface area (Å²) in [5.74, 6) is 1.05. The SMILES string of the molecule is CNC(CCc1cnn(C)c1)c1ccc2c(c1)CCO2. The van der Waals surface area contributed by atoms with Crippen molar-refractivity contribution in [2.24, 2.45) is 7.05 Å². The van der Waals surface area contributed by atoms with Crippen LogP contribution in [0.15, 0.2) is 30.6 Å². The standard InChI is InChI=1S/C16H21N3O/c1-17-15(5-3-12-10-18-19(2)11-12)13-4-6-16-14(9-13)7-8-20-16/h4,6,9-11,15,17H,3,5,7-8H2,1-2H3. The number of hydrogen-bond donors (Lipinski definition) is 1. The smallest absolute Gasteiger partial charge is 0.122 e. The summed E-state index contributed by atoms with van der Waals surface area (Å²) in [7, 11) is 3.98. The topological polar surface area (TPSA) is 39.1 Å². The Bertz CT molecular complexity index is 591. The van der Waals surface area contributed by atoms with E-state index in [9.17, 15) is 0 Å². The van der Waals surface area contributed by atoms with Crippen LogP contribution < -0.4 is 10.1 Å². The zero-order valence-electron chi connectivity index (χ0n) is 12.1. The second kappa shape index (κ2) is 5.67. The largest absolute Gasteiger partial charge is 0.493 e. The van der Waals surface area contributed by atoms with Crippen LogP contribution in [0.2, 0.25) is 0 Å². The molecule has 20 heavy (non-hydrogen) atoms. The van der Waals surface area contributed by atoms with Gasteiger partial charge in [-0.15, -0.1) is 0 Å². The molecule has 2 heterocycles. The quantitative estimate of drug-likeness (QED) is 0.906. The van der Waals surface area contributed by atoms with Crippen LogP contribution in [0.3, 0.4) is 0 Å². The molecule has 0 amide bonds. The van der Waals surface area contributed by atoms with E-state index in [2.05, 4.69) is 34.8 Å². The van der Waals surface area contributed by atoms with E-state index in [1.165, 1.54) is 16.7 Å². The van der Waals surface area contributed by atoms with E-state index in [1.54, 1.807) is 0 Å². The summed E-state index contributed by atoms with van der Waals surface area (Å²) in [6.45, 7) is 0.818. The molecular formula is C16H21N3O. The van der Waals surface area contributed by atoms with E-state index in [4.69, 9.17) is 4.74 Å². The van der Waals surface area contributed by atoms with Crippen LogP contribution in [-0.2, 0) is 19.9 Å². The Hall–Kier alpha value is -1.81. The second-order valence-corrected chi connectivity index (χ2v) is 5.37. The van der Waals surface area contributed by atoms with Crippen molar-refractivity contribution >= 4 is 0 Å². The van der Waals surface area contributed by atoms with Crippen LogP contribution in [0.5, 0.6) is 5.75 Å². The molecule has 1 aromatic carbocycles. The molecule has 106 valence electrons.